The number of H-pyrrole nitrogens is 1. The summed E-state index contributed by atoms with van der Waals surface area (Å²) in [4.78, 5) is 2.50. The number of hydrogen-bond acceptors (Lipinski definition) is 5. The third kappa shape index (κ3) is 3.12. The van der Waals surface area contributed by atoms with Crippen molar-refractivity contribution in [2.45, 2.75) is 38.5 Å². The molecule has 0 bridgehead atoms. The highest BCUT2D eigenvalue weighted by Gasteiger charge is 2.30. The maximum atomic E-state index is 5.63. The summed E-state index contributed by atoms with van der Waals surface area (Å²) < 4.78 is 16.6. The van der Waals surface area contributed by atoms with Gasteiger partial charge in [0.2, 0.25) is 0 Å². The molecule has 1 unspecified atom stereocenters. The number of likely N-dealkylation sites (tertiary alicyclic amines) is 1. The molecule has 4 rings (SSSR count). The molecule has 25 heavy (non-hydrogen) atoms. The summed E-state index contributed by atoms with van der Waals surface area (Å²) in [5.74, 6) is 1.72. The van der Waals surface area contributed by atoms with Gasteiger partial charge in [0, 0.05) is 41.9 Å². The van der Waals surface area contributed by atoms with E-state index in [-0.39, 0.29) is 0 Å². The normalized spacial score (nSPS) is 20.5. The Hall–Kier alpha value is -2.05. The van der Waals surface area contributed by atoms with E-state index in [1.807, 2.05) is 12.1 Å². The van der Waals surface area contributed by atoms with Crippen LogP contribution in [0, 0.1) is 0 Å². The quantitative estimate of drug-likeness (QED) is 0.905. The zero-order valence-electron chi connectivity index (χ0n) is 14.9. The van der Waals surface area contributed by atoms with Crippen molar-refractivity contribution in [1.29, 1.82) is 0 Å². The van der Waals surface area contributed by atoms with E-state index in [1.165, 1.54) is 23.2 Å². The highest BCUT2D eigenvalue weighted by molar-refractivity contribution is 5.43. The van der Waals surface area contributed by atoms with Gasteiger partial charge in [-0.2, -0.15) is 5.10 Å². The monoisotopic (exact) mass is 343 g/mol. The predicted octanol–water partition coefficient (Wildman–Crippen LogP) is 2.84. The number of hydrogen-bond donors (Lipinski definition) is 1. The maximum absolute atomic E-state index is 5.63. The van der Waals surface area contributed by atoms with Gasteiger partial charge in [-0.3, -0.25) is 10.00 Å². The van der Waals surface area contributed by atoms with E-state index in [9.17, 15) is 0 Å². The number of methoxy groups -OCH3 is 2. The van der Waals surface area contributed by atoms with Gasteiger partial charge in [0.1, 0.15) is 11.5 Å². The van der Waals surface area contributed by atoms with Crippen LogP contribution in [0.3, 0.4) is 0 Å². The Morgan fingerprint density at radius 2 is 2.24 bits per heavy atom. The number of nitrogens with zero attached hydrogens (tertiary/aromatic N) is 2. The van der Waals surface area contributed by atoms with Crippen LogP contribution in [-0.2, 0) is 24.3 Å². The first-order valence-corrected chi connectivity index (χ1v) is 8.89. The molecule has 1 aromatic heterocycles. The minimum Gasteiger partial charge on any atom is -0.497 e. The minimum absolute atomic E-state index is 0.345. The van der Waals surface area contributed by atoms with Crippen LogP contribution in [-0.4, -0.2) is 42.5 Å². The summed E-state index contributed by atoms with van der Waals surface area (Å²) in [6.07, 6.45) is 3.24. The number of nitrogens with one attached hydrogen (secondary N) is 1. The molecule has 2 aromatic rings. The molecule has 0 saturated carbocycles. The van der Waals surface area contributed by atoms with Gasteiger partial charge in [-0.05, 0) is 25.5 Å². The van der Waals surface area contributed by atoms with E-state index in [4.69, 9.17) is 14.2 Å². The lowest BCUT2D eigenvalue weighted by atomic mass is 10.0. The molecule has 1 atom stereocenters. The fourth-order valence-electron chi connectivity index (χ4n) is 3.95. The van der Waals surface area contributed by atoms with Crippen molar-refractivity contribution in [3.8, 4) is 11.5 Å². The first-order valence-electron chi connectivity index (χ1n) is 8.89. The molecule has 0 amide bonds. The van der Waals surface area contributed by atoms with Gasteiger partial charge in [0.05, 0.1) is 33.1 Å². The highest BCUT2D eigenvalue weighted by atomic mass is 16.5. The SMILES string of the molecule is COc1ccc(C2CCCN2Cc2n[nH]c3c2COCC3)c(OC)c1. The predicted molar refractivity (Wildman–Crippen MR) is 93.9 cm³/mol. The van der Waals surface area contributed by atoms with Crippen LogP contribution in [0.2, 0.25) is 0 Å². The van der Waals surface area contributed by atoms with Crippen molar-refractivity contribution in [1.82, 2.24) is 15.1 Å². The fourth-order valence-corrected chi connectivity index (χ4v) is 3.95. The molecular weight excluding hydrogens is 318 g/mol. The Balaban J connectivity index is 1.58. The van der Waals surface area contributed by atoms with E-state index in [1.54, 1.807) is 14.2 Å². The third-order valence-electron chi connectivity index (χ3n) is 5.30. The van der Waals surface area contributed by atoms with Gasteiger partial charge in [0.15, 0.2) is 0 Å². The average molecular weight is 343 g/mol. The summed E-state index contributed by atoms with van der Waals surface area (Å²) >= 11 is 0. The standard InChI is InChI=1S/C19H25N3O3/c1-23-13-5-6-14(19(10-13)24-2)18-4-3-8-22(18)11-17-15-12-25-9-7-16(15)20-21-17/h5-6,10,18H,3-4,7-9,11-12H2,1-2H3,(H,20,21). The van der Waals surface area contributed by atoms with Crippen molar-refractivity contribution in [2.24, 2.45) is 0 Å². The molecule has 3 heterocycles. The van der Waals surface area contributed by atoms with Gasteiger partial charge in [-0.25, -0.2) is 0 Å². The number of aromatic nitrogens is 2. The maximum Gasteiger partial charge on any atom is 0.127 e. The first kappa shape index (κ1) is 16.4. The van der Waals surface area contributed by atoms with Gasteiger partial charge in [-0.1, -0.05) is 6.07 Å². The van der Waals surface area contributed by atoms with Gasteiger partial charge >= 0.3 is 0 Å². The Kier molecular flexibility index (Phi) is 4.63. The molecule has 2 aliphatic rings. The van der Waals surface area contributed by atoms with Crippen molar-refractivity contribution in [3.63, 3.8) is 0 Å². The van der Waals surface area contributed by atoms with E-state index < -0.39 is 0 Å². The summed E-state index contributed by atoms with van der Waals surface area (Å²) in [6, 6.07) is 6.45. The second-order valence-corrected chi connectivity index (χ2v) is 6.67. The Bertz CT molecular complexity index is 744. The van der Waals surface area contributed by atoms with Crippen molar-refractivity contribution in [2.75, 3.05) is 27.4 Å². The lowest BCUT2D eigenvalue weighted by Crippen LogP contribution is -2.24. The molecular formula is C19H25N3O3. The molecule has 0 spiro atoms. The Labute approximate surface area is 148 Å². The van der Waals surface area contributed by atoms with E-state index in [0.29, 0.717) is 12.6 Å². The van der Waals surface area contributed by atoms with Crippen molar-refractivity contribution >= 4 is 0 Å². The van der Waals surface area contributed by atoms with Crippen LogP contribution >= 0.6 is 0 Å². The molecule has 6 heteroatoms. The average Bonchev–Trinajstić information content (AvgIpc) is 3.29. The summed E-state index contributed by atoms with van der Waals surface area (Å²) in [5.41, 5.74) is 4.83. The number of rotatable bonds is 5. The molecule has 134 valence electrons. The van der Waals surface area contributed by atoms with E-state index in [0.717, 1.165) is 49.7 Å². The lowest BCUT2D eigenvalue weighted by Gasteiger charge is -2.26. The highest BCUT2D eigenvalue weighted by Crippen LogP contribution is 2.39. The van der Waals surface area contributed by atoms with Crippen LogP contribution < -0.4 is 9.47 Å². The van der Waals surface area contributed by atoms with Gasteiger partial charge in [-0.15, -0.1) is 0 Å². The topological polar surface area (TPSA) is 59.6 Å². The van der Waals surface area contributed by atoms with Gasteiger partial charge in [0.25, 0.3) is 0 Å². The summed E-state index contributed by atoms with van der Waals surface area (Å²) in [6.45, 7) is 3.37. The zero-order valence-corrected chi connectivity index (χ0v) is 14.9. The lowest BCUT2D eigenvalue weighted by molar-refractivity contribution is 0.108. The number of fused-ring (bicyclic) bond motifs is 1. The van der Waals surface area contributed by atoms with Crippen LogP contribution in [0.4, 0.5) is 0 Å². The Morgan fingerprint density at radius 1 is 1.32 bits per heavy atom. The van der Waals surface area contributed by atoms with Crippen LogP contribution in [0.15, 0.2) is 18.2 Å². The second-order valence-electron chi connectivity index (χ2n) is 6.67. The van der Waals surface area contributed by atoms with Crippen LogP contribution in [0.1, 0.15) is 41.4 Å². The molecule has 6 nitrogen and oxygen atoms in total. The van der Waals surface area contributed by atoms with Crippen molar-refractivity contribution < 1.29 is 14.2 Å². The molecule has 1 saturated heterocycles. The van der Waals surface area contributed by atoms with E-state index >= 15 is 0 Å². The second kappa shape index (κ2) is 7.06. The number of aromatic amines is 1. The van der Waals surface area contributed by atoms with Crippen LogP contribution in [0.25, 0.3) is 0 Å². The number of benzene rings is 1. The van der Waals surface area contributed by atoms with Crippen molar-refractivity contribution in [3.05, 3.63) is 40.7 Å². The zero-order chi connectivity index (χ0) is 17.2. The molecule has 1 N–H and O–H groups in total. The smallest absolute Gasteiger partial charge is 0.127 e. The van der Waals surface area contributed by atoms with Crippen LogP contribution in [0.5, 0.6) is 11.5 Å². The fraction of sp³-hybridized carbons (Fsp3) is 0.526. The summed E-state index contributed by atoms with van der Waals surface area (Å²) in [5, 5.41) is 7.76. The minimum atomic E-state index is 0.345. The number of ether oxygens (including phenoxy) is 3. The molecule has 1 fully saturated rings. The molecule has 1 aromatic carbocycles. The summed E-state index contributed by atoms with van der Waals surface area (Å²) in [7, 11) is 3.40. The molecule has 0 aliphatic carbocycles. The molecule has 2 aliphatic heterocycles. The first-order chi connectivity index (χ1) is 12.3. The van der Waals surface area contributed by atoms with Gasteiger partial charge < -0.3 is 14.2 Å². The molecule has 0 radical (unpaired) electrons. The Morgan fingerprint density at radius 3 is 3.08 bits per heavy atom. The van der Waals surface area contributed by atoms with E-state index in [2.05, 4.69) is 21.2 Å². The largest absolute Gasteiger partial charge is 0.497 e. The third-order valence-corrected chi connectivity index (χ3v) is 5.30.